The molecule has 29 heavy (non-hydrogen) atoms. The second-order valence-electron chi connectivity index (χ2n) is 6.29. The minimum Gasteiger partial charge on any atom is -0.376 e. The van der Waals surface area contributed by atoms with Crippen molar-refractivity contribution < 1.29 is 21.6 Å². The number of alkyl halides is 3. The van der Waals surface area contributed by atoms with Gasteiger partial charge >= 0.3 is 6.18 Å². The highest BCUT2D eigenvalue weighted by Crippen LogP contribution is 2.34. The number of rotatable bonds is 5. The molecule has 6 nitrogen and oxygen atoms in total. The van der Waals surface area contributed by atoms with Gasteiger partial charge in [0.2, 0.25) is 0 Å². The van der Waals surface area contributed by atoms with Crippen molar-refractivity contribution in [1.29, 1.82) is 0 Å². The lowest BCUT2D eigenvalue weighted by atomic mass is 10.1. The van der Waals surface area contributed by atoms with Crippen LogP contribution in [0.1, 0.15) is 5.69 Å². The lowest BCUT2D eigenvalue weighted by Crippen LogP contribution is -2.25. The molecule has 0 bridgehead atoms. The molecule has 1 heterocycles. The van der Waals surface area contributed by atoms with Crippen molar-refractivity contribution in [3.63, 3.8) is 0 Å². The van der Waals surface area contributed by atoms with Gasteiger partial charge in [0.1, 0.15) is 0 Å². The summed E-state index contributed by atoms with van der Waals surface area (Å²) in [5.74, 6) is 0. The van der Waals surface area contributed by atoms with Crippen molar-refractivity contribution >= 4 is 27.3 Å². The maximum absolute atomic E-state index is 13.2. The molecule has 0 aliphatic carbocycles. The summed E-state index contributed by atoms with van der Waals surface area (Å²) in [7, 11) is -0.636. The van der Waals surface area contributed by atoms with E-state index >= 15 is 0 Å². The summed E-state index contributed by atoms with van der Waals surface area (Å²) >= 11 is 6.22. The lowest BCUT2D eigenvalue weighted by Gasteiger charge is -2.16. The summed E-state index contributed by atoms with van der Waals surface area (Å²) in [4.78, 5) is 4.29. The van der Waals surface area contributed by atoms with Gasteiger partial charge in [0.05, 0.1) is 21.3 Å². The molecular formula is C18H16ClF3N4O2S. The van der Waals surface area contributed by atoms with Crippen LogP contribution in [0.25, 0.3) is 11.3 Å². The van der Waals surface area contributed by atoms with E-state index in [-0.39, 0.29) is 16.2 Å². The molecule has 0 unspecified atom stereocenters. The van der Waals surface area contributed by atoms with Crippen LogP contribution < -0.4 is 9.73 Å². The third kappa shape index (κ3) is 4.48. The minimum atomic E-state index is -4.76. The van der Waals surface area contributed by atoms with Crippen molar-refractivity contribution in [2.75, 3.05) is 23.8 Å². The van der Waals surface area contributed by atoms with Gasteiger partial charge in [-0.1, -0.05) is 35.9 Å². The van der Waals surface area contributed by atoms with E-state index in [9.17, 15) is 21.6 Å². The standard InChI is InChI=1S/C18H16ClF3N4O2S/c1-25(2)15-9-8-12(10-14(15)19)16-11-17(18(20,21)22)23-26(16)24-29(27,28)13-6-4-3-5-7-13/h3-11,24H,1-2H3. The number of sulfonamides is 1. The van der Waals surface area contributed by atoms with Crippen LogP contribution in [0.2, 0.25) is 5.02 Å². The highest BCUT2D eigenvalue weighted by Gasteiger charge is 2.36. The fraction of sp³-hybridized carbons (Fsp3) is 0.167. The smallest absolute Gasteiger partial charge is 0.376 e. The SMILES string of the molecule is CN(C)c1ccc(-c2cc(C(F)(F)F)nn2NS(=O)(=O)c2ccccc2)cc1Cl. The zero-order valence-corrected chi connectivity index (χ0v) is 16.8. The monoisotopic (exact) mass is 444 g/mol. The molecule has 2 aromatic carbocycles. The van der Waals surface area contributed by atoms with Crippen LogP contribution in [0.15, 0.2) is 59.5 Å². The summed E-state index contributed by atoms with van der Waals surface area (Å²) in [5.41, 5.74) is -0.429. The predicted molar refractivity (Wildman–Crippen MR) is 105 cm³/mol. The predicted octanol–water partition coefficient (Wildman–Crippen LogP) is 4.22. The Morgan fingerprint density at radius 2 is 1.72 bits per heavy atom. The zero-order chi connectivity index (χ0) is 21.4. The molecule has 0 aliphatic rings. The van der Waals surface area contributed by atoms with E-state index in [4.69, 9.17) is 11.6 Å². The van der Waals surface area contributed by atoms with Gasteiger partial charge in [-0.15, -0.1) is 5.10 Å². The van der Waals surface area contributed by atoms with Crippen LogP contribution in [0.5, 0.6) is 0 Å². The molecule has 0 saturated heterocycles. The fourth-order valence-electron chi connectivity index (χ4n) is 2.59. The first-order chi connectivity index (χ1) is 13.5. The minimum absolute atomic E-state index is 0.107. The van der Waals surface area contributed by atoms with E-state index in [1.54, 1.807) is 31.1 Å². The van der Waals surface area contributed by atoms with Crippen molar-refractivity contribution in [3.8, 4) is 11.3 Å². The average molecular weight is 445 g/mol. The molecular weight excluding hydrogens is 429 g/mol. The first kappa shape index (κ1) is 21.0. The van der Waals surface area contributed by atoms with Crippen molar-refractivity contribution in [1.82, 2.24) is 9.89 Å². The molecule has 3 rings (SSSR count). The first-order valence-electron chi connectivity index (χ1n) is 8.21. The molecule has 0 atom stereocenters. The normalized spacial score (nSPS) is 12.1. The number of aromatic nitrogens is 2. The number of benzene rings is 2. The lowest BCUT2D eigenvalue weighted by molar-refractivity contribution is -0.141. The Kier molecular flexibility index (Phi) is 5.50. The van der Waals surface area contributed by atoms with E-state index in [1.807, 2.05) is 0 Å². The number of hydrogen-bond donors (Lipinski definition) is 1. The molecule has 0 saturated carbocycles. The number of hydrogen-bond acceptors (Lipinski definition) is 4. The summed E-state index contributed by atoms with van der Waals surface area (Å²) < 4.78 is 64.8. The van der Waals surface area contributed by atoms with Gasteiger partial charge in [0, 0.05) is 19.7 Å². The van der Waals surface area contributed by atoms with Gasteiger partial charge in [-0.3, -0.25) is 0 Å². The second-order valence-corrected chi connectivity index (χ2v) is 8.36. The van der Waals surface area contributed by atoms with Gasteiger partial charge in [-0.25, -0.2) is 0 Å². The Hall–Kier alpha value is -2.72. The molecule has 1 aromatic heterocycles. The second kappa shape index (κ2) is 7.60. The molecule has 0 spiro atoms. The van der Waals surface area contributed by atoms with Crippen LogP contribution >= 0.6 is 11.6 Å². The topological polar surface area (TPSA) is 67.2 Å². The van der Waals surface area contributed by atoms with Crippen LogP contribution in [-0.4, -0.2) is 32.4 Å². The first-order valence-corrected chi connectivity index (χ1v) is 10.1. The van der Waals surface area contributed by atoms with Crippen LogP contribution in [0, 0.1) is 0 Å². The maximum Gasteiger partial charge on any atom is 0.435 e. The van der Waals surface area contributed by atoms with Crippen molar-refractivity contribution in [2.45, 2.75) is 11.1 Å². The number of anilines is 1. The largest absolute Gasteiger partial charge is 0.435 e. The van der Waals surface area contributed by atoms with E-state index < -0.39 is 21.9 Å². The van der Waals surface area contributed by atoms with Crippen LogP contribution in [-0.2, 0) is 16.2 Å². The Labute approximate surface area is 170 Å². The van der Waals surface area contributed by atoms with Gasteiger partial charge < -0.3 is 4.90 Å². The Morgan fingerprint density at radius 3 is 2.28 bits per heavy atom. The van der Waals surface area contributed by atoms with Gasteiger partial charge in [0.25, 0.3) is 10.0 Å². The quantitative estimate of drug-likeness (QED) is 0.639. The van der Waals surface area contributed by atoms with Gasteiger partial charge in [-0.2, -0.15) is 31.2 Å². The Bertz CT molecular complexity index is 1130. The van der Waals surface area contributed by atoms with Crippen LogP contribution in [0.3, 0.4) is 0 Å². The summed E-state index contributed by atoms with van der Waals surface area (Å²) in [6.45, 7) is 0. The Morgan fingerprint density at radius 1 is 1.07 bits per heavy atom. The van der Waals surface area contributed by atoms with E-state index in [1.165, 1.54) is 36.4 Å². The summed E-state index contributed by atoms with van der Waals surface area (Å²) in [6.07, 6.45) is -4.76. The van der Waals surface area contributed by atoms with Crippen molar-refractivity contribution in [3.05, 3.63) is 65.3 Å². The molecule has 0 radical (unpaired) electrons. The third-order valence-electron chi connectivity index (χ3n) is 3.99. The Balaban J connectivity index is 2.10. The van der Waals surface area contributed by atoms with E-state index in [0.29, 0.717) is 15.5 Å². The van der Waals surface area contributed by atoms with Gasteiger partial charge in [-0.05, 0) is 30.3 Å². The highest BCUT2D eigenvalue weighted by molar-refractivity contribution is 7.92. The van der Waals surface area contributed by atoms with Crippen molar-refractivity contribution in [2.24, 2.45) is 0 Å². The molecule has 1 N–H and O–H groups in total. The number of nitrogens with one attached hydrogen (secondary N) is 1. The molecule has 3 aromatic rings. The summed E-state index contributed by atoms with van der Waals surface area (Å²) in [5, 5.41) is 3.70. The highest BCUT2D eigenvalue weighted by atomic mass is 35.5. The molecule has 0 aliphatic heterocycles. The molecule has 0 amide bonds. The molecule has 11 heteroatoms. The third-order valence-corrected chi connectivity index (χ3v) is 5.59. The maximum atomic E-state index is 13.2. The van der Waals surface area contributed by atoms with E-state index in [0.717, 1.165) is 6.07 Å². The van der Waals surface area contributed by atoms with Gasteiger partial charge in [0.15, 0.2) is 5.69 Å². The molecule has 154 valence electrons. The van der Waals surface area contributed by atoms with Crippen LogP contribution in [0.4, 0.5) is 18.9 Å². The number of halogens is 4. The summed E-state index contributed by atoms with van der Waals surface area (Å²) in [6, 6.07) is 12.6. The molecule has 0 fully saturated rings. The van der Waals surface area contributed by atoms with E-state index in [2.05, 4.69) is 9.93 Å². The average Bonchev–Trinajstić information content (AvgIpc) is 3.05. The fourth-order valence-corrected chi connectivity index (χ4v) is 3.93. The number of nitrogens with zero attached hydrogens (tertiary/aromatic N) is 3. The zero-order valence-electron chi connectivity index (χ0n) is 15.3.